The number of carbonyl (C=O) groups excluding carboxylic acids is 1. The van der Waals surface area contributed by atoms with E-state index in [0.29, 0.717) is 24.4 Å². The molecule has 0 radical (unpaired) electrons. The van der Waals surface area contributed by atoms with Gasteiger partial charge in [-0.25, -0.2) is 0 Å². The molecule has 0 N–H and O–H groups in total. The molecule has 40 heavy (non-hydrogen) atoms. The number of alkyl halides is 3. The number of aromatic nitrogens is 2. The average Bonchev–Trinajstić information content (AvgIpc) is 3.35. The summed E-state index contributed by atoms with van der Waals surface area (Å²) in [7, 11) is 0. The second-order valence-electron chi connectivity index (χ2n) is 10.7. The van der Waals surface area contributed by atoms with Gasteiger partial charge in [0.25, 0.3) is 0 Å². The number of piperazine rings is 1. The average molecular weight is 574 g/mol. The van der Waals surface area contributed by atoms with Gasteiger partial charge in [0.15, 0.2) is 0 Å². The van der Waals surface area contributed by atoms with Crippen LogP contribution in [0.15, 0.2) is 48.7 Å². The molecule has 3 aromatic rings. The number of rotatable bonds is 6. The molecule has 0 spiro atoms. The van der Waals surface area contributed by atoms with Gasteiger partial charge in [-0.15, -0.1) is 0 Å². The Bertz CT molecular complexity index is 1330. The Kier molecular flexibility index (Phi) is 8.31. The molecule has 6 nitrogen and oxygen atoms in total. The molecule has 0 bridgehead atoms. The Morgan fingerprint density at radius 3 is 2.42 bits per heavy atom. The number of amides is 1. The van der Waals surface area contributed by atoms with E-state index in [1.165, 1.54) is 13.1 Å². The van der Waals surface area contributed by atoms with E-state index in [9.17, 15) is 18.0 Å². The number of piperidine rings is 1. The third-order valence-corrected chi connectivity index (χ3v) is 8.16. The summed E-state index contributed by atoms with van der Waals surface area (Å²) < 4.78 is 42.6. The van der Waals surface area contributed by atoms with Crippen molar-refractivity contribution in [1.82, 2.24) is 14.7 Å². The topological polar surface area (TPSA) is 44.6 Å². The standard InChI is InChI=1S/C30H35ClF3N5O/c1-3-5-28(40)37-16-14-36(15-17-37)24-10-7-22(8-11-24)26-12-9-23(31)18-27(26)38-13-4-6-25(20-38)39-29(30(32,33)34)21(2)19-35-39/h7-12,18-19,25H,3-6,13-17,20H2,1-2H3. The lowest BCUT2D eigenvalue weighted by Crippen LogP contribution is -2.48. The fourth-order valence-corrected chi connectivity index (χ4v) is 6.07. The number of hydrogen-bond acceptors (Lipinski definition) is 4. The fraction of sp³-hybridized carbons (Fsp3) is 0.467. The number of nitrogens with zero attached hydrogens (tertiary/aromatic N) is 5. The lowest BCUT2D eigenvalue weighted by Gasteiger charge is -2.37. The second-order valence-corrected chi connectivity index (χ2v) is 11.1. The smallest absolute Gasteiger partial charge is 0.369 e. The third-order valence-electron chi connectivity index (χ3n) is 7.93. The molecule has 10 heteroatoms. The SMILES string of the molecule is CCCC(=O)N1CCN(c2ccc(-c3ccc(Cl)cc3N3CCCC(n4ncc(C)c4C(F)(F)F)C3)cc2)CC1. The molecule has 1 amide bonds. The minimum Gasteiger partial charge on any atom is -0.369 e. The van der Waals surface area contributed by atoms with E-state index in [4.69, 9.17) is 11.6 Å². The molecule has 3 heterocycles. The third kappa shape index (κ3) is 5.94. The van der Waals surface area contributed by atoms with E-state index >= 15 is 0 Å². The van der Waals surface area contributed by atoms with Gasteiger partial charge in [-0.05, 0) is 61.6 Å². The van der Waals surface area contributed by atoms with Crippen molar-refractivity contribution in [2.75, 3.05) is 49.1 Å². The predicted molar refractivity (Wildman–Crippen MR) is 153 cm³/mol. The van der Waals surface area contributed by atoms with Gasteiger partial charge >= 0.3 is 6.18 Å². The predicted octanol–water partition coefficient (Wildman–Crippen LogP) is 6.82. The first kappa shape index (κ1) is 28.3. The zero-order chi connectivity index (χ0) is 28.4. The summed E-state index contributed by atoms with van der Waals surface area (Å²) in [6, 6.07) is 13.7. The number of benzene rings is 2. The summed E-state index contributed by atoms with van der Waals surface area (Å²) in [5.41, 5.74) is 3.48. The molecule has 2 aliphatic heterocycles. The molecule has 2 fully saturated rings. The van der Waals surface area contributed by atoms with E-state index in [-0.39, 0.29) is 11.5 Å². The minimum absolute atomic E-state index is 0.141. The van der Waals surface area contributed by atoms with Crippen LogP contribution in [0, 0.1) is 6.92 Å². The molecule has 2 aliphatic rings. The highest BCUT2D eigenvalue weighted by Crippen LogP contribution is 2.39. The van der Waals surface area contributed by atoms with E-state index < -0.39 is 17.9 Å². The maximum atomic E-state index is 13.8. The van der Waals surface area contributed by atoms with E-state index in [2.05, 4.69) is 39.2 Å². The van der Waals surface area contributed by atoms with Crippen LogP contribution in [0.25, 0.3) is 11.1 Å². The zero-order valence-electron chi connectivity index (χ0n) is 22.9. The molecule has 5 rings (SSSR count). The largest absolute Gasteiger partial charge is 0.433 e. The normalized spacial score (nSPS) is 18.4. The van der Waals surface area contributed by atoms with Gasteiger partial charge in [0, 0.05) is 67.7 Å². The number of anilines is 2. The van der Waals surface area contributed by atoms with Crippen molar-refractivity contribution in [3.05, 3.63) is 64.9 Å². The Balaban J connectivity index is 1.35. The minimum atomic E-state index is -4.45. The van der Waals surface area contributed by atoms with Gasteiger partial charge in [-0.1, -0.05) is 36.7 Å². The molecule has 0 saturated carbocycles. The summed E-state index contributed by atoms with van der Waals surface area (Å²) in [5.74, 6) is 0.227. The van der Waals surface area contributed by atoms with Crippen molar-refractivity contribution in [1.29, 1.82) is 0 Å². The summed E-state index contributed by atoms with van der Waals surface area (Å²) in [4.78, 5) is 18.6. The highest BCUT2D eigenvalue weighted by atomic mass is 35.5. The Morgan fingerprint density at radius 2 is 1.75 bits per heavy atom. The molecular weight excluding hydrogens is 539 g/mol. The zero-order valence-corrected chi connectivity index (χ0v) is 23.7. The van der Waals surface area contributed by atoms with Crippen LogP contribution >= 0.6 is 11.6 Å². The monoisotopic (exact) mass is 573 g/mol. The lowest BCUT2D eigenvalue weighted by atomic mass is 9.99. The van der Waals surface area contributed by atoms with Crippen LogP contribution in [-0.4, -0.2) is 59.9 Å². The van der Waals surface area contributed by atoms with Crippen LogP contribution in [0.5, 0.6) is 0 Å². The van der Waals surface area contributed by atoms with Crippen LogP contribution < -0.4 is 9.80 Å². The second kappa shape index (κ2) is 11.7. The lowest BCUT2D eigenvalue weighted by molar-refractivity contribution is -0.145. The molecule has 2 aromatic carbocycles. The highest BCUT2D eigenvalue weighted by Gasteiger charge is 2.39. The van der Waals surface area contributed by atoms with Crippen molar-refractivity contribution >= 4 is 28.9 Å². The van der Waals surface area contributed by atoms with Crippen LogP contribution in [-0.2, 0) is 11.0 Å². The number of hydrogen-bond donors (Lipinski definition) is 0. The van der Waals surface area contributed by atoms with Crippen molar-refractivity contribution in [2.45, 2.75) is 51.7 Å². The first-order valence-electron chi connectivity index (χ1n) is 13.9. The van der Waals surface area contributed by atoms with E-state index in [1.54, 1.807) is 0 Å². The summed E-state index contributed by atoms with van der Waals surface area (Å²) >= 11 is 6.42. The van der Waals surface area contributed by atoms with Crippen molar-refractivity contribution < 1.29 is 18.0 Å². The molecule has 2 saturated heterocycles. The van der Waals surface area contributed by atoms with Gasteiger partial charge in [0.05, 0.1) is 12.2 Å². The number of aryl methyl sites for hydroxylation is 1. The molecule has 0 aliphatic carbocycles. The quantitative estimate of drug-likeness (QED) is 0.324. The summed E-state index contributed by atoms with van der Waals surface area (Å²) in [6.45, 7) is 7.66. The number of halogens is 4. The maximum absolute atomic E-state index is 13.8. The van der Waals surface area contributed by atoms with Gasteiger partial charge in [-0.2, -0.15) is 18.3 Å². The van der Waals surface area contributed by atoms with E-state index in [0.717, 1.165) is 72.7 Å². The van der Waals surface area contributed by atoms with Gasteiger partial charge in [0.1, 0.15) is 5.69 Å². The molecule has 214 valence electrons. The van der Waals surface area contributed by atoms with Gasteiger partial charge in [-0.3, -0.25) is 9.48 Å². The fourth-order valence-electron chi connectivity index (χ4n) is 5.90. The van der Waals surface area contributed by atoms with Gasteiger partial charge < -0.3 is 14.7 Å². The Labute approximate surface area is 238 Å². The molecule has 1 aromatic heterocycles. The van der Waals surface area contributed by atoms with Crippen LogP contribution in [0.2, 0.25) is 5.02 Å². The first-order valence-corrected chi connectivity index (χ1v) is 14.3. The van der Waals surface area contributed by atoms with Crippen molar-refractivity contribution in [3.63, 3.8) is 0 Å². The molecular formula is C30H35ClF3N5O. The first-order chi connectivity index (χ1) is 19.2. The Morgan fingerprint density at radius 1 is 1.02 bits per heavy atom. The van der Waals surface area contributed by atoms with E-state index in [1.807, 2.05) is 30.0 Å². The van der Waals surface area contributed by atoms with Crippen LogP contribution in [0.4, 0.5) is 24.5 Å². The highest BCUT2D eigenvalue weighted by molar-refractivity contribution is 6.31. The summed E-state index contributed by atoms with van der Waals surface area (Å²) in [5, 5.41) is 4.71. The molecule has 1 unspecified atom stereocenters. The maximum Gasteiger partial charge on any atom is 0.433 e. The van der Waals surface area contributed by atoms with Crippen molar-refractivity contribution in [3.8, 4) is 11.1 Å². The van der Waals surface area contributed by atoms with Crippen molar-refractivity contribution in [2.24, 2.45) is 0 Å². The number of carbonyl (C=O) groups is 1. The Hall–Kier alpha value is -3.20. The summed E-state index contributed by atoms with van der Waals surface area (Å²) in [6.07, 6.45) is -0.314. The molecule has 1 atom stereocenters. The van der Waals surface area contributed by atoms with Crippen LogP contribution in [0.1, 0.15) is 49.9 Å². The van der Waals surface area contributed by atoms with Crippen LogP contribution in [0.3, 0.4) is 0 Å². The van der Waals surface area contributed by atoms with Gasteiger partial charge in [0.2, 0.25) is 5.91 Å².